The fourth-order valence-electron chi connectivity index (χ4n) is 3.26. The molecule has 1 aliphatic carbocycles. The first-order valence-electron chi connectivity index (χ1n) is 8.39. The molecule has 6 heteroatoms. The summed E-state index contributed by atoms with van der Waals surface area (Å²) in [6.07, 6.45) is 0.562. The maximum atomic E-state index is 13.8. The molecule has 0 unspecified atom stereocenters. The molecule has 132 valence electrons. The summed E-state index contributed by atoms with van der Waals surface area (Å²) in [5, 5.41) is 0.853. The highest BCUT2D eigenvalue weighted by atomic mass is 19.1. The molecule has 26 heavy (non-hydrogen) atoms. The number of nitrogens with one attached hydrogen (secondary N) is 2. The summed E-state index contributed by atoms with van der Waals surface area (Å²) in [4.78, 5) is 24.5. The zero-order valence-electron chi connectivity index (χ0n) is 14.1. The number of hydrazine groups is 1. The molecule has 0 spiro atoms. The molecule has 2 amide bonds. The molecule has 0 radical (unpaired) electrons. The van der Waals surface area contributed by atoms with Crippen LogP contribution in [-0.4, -0.2) is 11.8 Å². The van der Waals surface area contributed by atoms with E-state index in [1.165, 1.54) is 6.07 Å². The van der Waals surface area contributed by atoms with Crippen LogP contribution in [0.2, 0.25) is 0 Å². The van der Waals surface area contributed by atoms with E-state index in [0.717, 1.165) is 5.39 Å². The molecule has 1 aromatic heterocycles. The fourth-order valence-corrected chi connectivity index (χ4v) is 3.26. The molecule has 5 nitrogen and oxygen atoms in total. The van der Waals surface area contributed by atoms with Gasteiger partial charge in [-0.25, -0.2) is 4.39 Å². The number of fused-ring (bicyclic) bond motifs is 1. The Morgan fingerprint density at radius 2 is 1.81 bits per heavy atom. The highest BCUT2D eigenvalue weighted by Gasteiger charge is 2.45. The van der Waals surface area contributed by atoms with Gasteiger partial charge in [0.2, 0.25) is 5.91 Å². The Balaban J connectivity index is 1.40. The molecule has 2 N–H and O–H groups in total. The van der Waals surface area contributed by atoms with Gasteiger partial charge in [0.1, 0.15) is 11.4 Å². The molecule has 3 aromatic rings. The van der Waals surface area contributed by atoms with Gasteiger partial charge in [0.25, 0.3) is 0 Å². The Labute approximate surface area is 149 Å². The van der Waals surface area contributed by atoms with Gasteiger partial charge in [0.05, 0.1) is 0 Å². The van der Waals surface area contributed by atoms with E-state index in [4.69, 9.17) is 4.42 Å². The fraction of sp³-hybridized carbons (Fsp3) is 0.200. The number of amides is 2. The standard InChI is InChI=1S/C20H17FN2O3/c1-11-12-6-3-5-9-17(12)26-18(11)20(25)23-22-19(24)15-10-14(15)13-7-2-4-8-16(13)21/h2-9,14-15H,10H2,1H3,(H,22,24)(H,23,25)/t14-,15+/m1/s1. The number of halogens is 1. The van der Waals surface area contributed by atoms with Crippen LogP contribution in [0, 0.1) is 18.7 Å². The topological polar surface area (TPSA) is 71.3 Å². The van der Waals surface area contributed by atoms with Crippen LogP contribution in [0.25, 0.3) is 11.0 Å². The second-order valence-electron chi connectivity index (χ2n) is 6.47. The van der Waals surface area contributed by atoms with Crippen LogP contribution >= 0.6 is 0 Å². The van der Waals surface area contributed by atoms with Crippen molar-refractivity contribution in [1.29, 1.82) is 0 Å². The molecule has 1 heterocycles. The molecule has 0 aliphatic heterocycles. The molecule has 2 aromatic carbocycles. The van der Waals surface area contributed by atoms with Crippen molar-refractivity contribution in [3.63, 3.8) is 0 Å². The lowest BCUT2D eigenvalue weighted by Crippen LogP contribution is -2.42. The molecular weight excluding hydrogens is 335 g/mol. The van der Waals surface area contributed by atoms with Gasteiger partial charge in [0.15, 0.2) is 5.76 Å². The minimum absolute atomic E-state index is 0.152. The second-order valence-corrected chi connectivity index (χ2v) is 6.47. The minimum Gasteiger partial charge on any atom is -0.451 e. The van der Waals surface area contributed by atoms with Crippen molar-refractivity contribution in [2.75, 3.05) is 0 Å². The number of carbonyl (C=O) groups excluding carboxylic acids is 2. The quantitative estimate of drug-likeness (QED) is 0.709. The van der Waals surface area contributed by atoms with Crippen LogP contribution in [0.5, 0.6) is 0 Å². The lowest BCUT2D eigenvalue weighted by Gasteiger charge is -2.06. The van der Waals surface area contributed by atoms with Gasteiger partial charge in [-0.3, -0.25) is 20.4 Å². The van der Waals surface area contributed by atoms with Gasteiger partial charge in [-0.1, -0.05) is 36.4 Å². The summed E-state index contributed by atoms with van der Waals surface area (Å²) < 4.78 is 19.3. The van der Waals surface area contributed by atoms with Crippen molar-refractivity contribution >= 4 is 22.8 Å². The molecule has 4 rings (SSSR count). The second kappa shape index (κ2) is 6.29. The van der Waals surface area contributed by atoms with Crippen molar-refractivity contribution in [2.45, 2.75) is 19.3 Å². The Morgan fingerprint density at radius 3 is 2.58 bits per heavy atom. The minimum atomic E-state index is -0.518. The summed E-state index contributed by atoms with van der Waals surface area (Å²) in [7, 11) is 0. The molecule has 0 saturated heterocycles. The van der Waals surface area contributed by atoms with Gasteiger partial charge in [-0.15, -0.1) is 0 Å². The van der Waals surface area contributed by atoms with Gasteiger partial charge in [-0.05, 0) is 37.0 Å². The largest absolute Gasteiger partial charge is 0.451 e. The first-order chi connectivity index (χ1) is 12.6. The molecular formula is C20H17FN2O3. The van der Waals surface area contributed by atoms with Crippen LogP contribution in [0.4, 0.5) is 4.39 Å². The number of aryl methyl sites for hydroxylation is 1. The van der Waals surface area contributed by atoms with Crippen LogP contribution in [0.1, 0.15) is 34.0 Å². The van der Waals surface area contributed by atoms with Crippen LogP contribution in [-0.2, 0) is 4.79 Å². The first-order valence-corrected chi connectivity index (χ1v) is 8.39. The smallest absolute Gasteiger partial charge is 0.305 e. The third-order valence-corrected chi connectivity index (χ3v) is 4.78. The number of hydrogen-bond donors (Lipinski definition) is 2. The van der Waals surface area contributed by atoms with Crippen molar-refractivity contribution < 1.29 is 18.4 Å². The third-order valence-electron chi connectivity index (χ3n) is 4.78. The maximum absolute atomic E-state index is 13.8. The van der Waals surface area contributed by atoms with Gasteiger partial charge < -0.3 is 4.42 Å². The van der Waals surface area contributed by atoms with E-state index in [9.17, 15) is 14.0 Å². The van der Waals surface area contributed by atoms with E-state index < -0.39 is 5.91 Å². The van der Waals surface area contributed by atoms with E-state index in [0.29, 0.717) is 23.1 Å². The van der Waals surface area contributed by atoms with E-state index in [2.05, 4.69) is 10.9 Å². The van der Waals surface area contributed by atoms with Crippen LogP contribution in [0.15, 0.2) is 52.9 Å². The zero-order valence-corrected chi connectivity index (χ0v) is 14.1. The van der Waals surface area contributed by atoms with E-state index >= 15 is 0 Å². The number of benzene rings is 2. The van der Waals surface area contributed by atoms with E-state index in [-0.39, 0.29) is 29.3 Å². The summed E-state index contributed by atoms with van der Waals surface area (Å²) in [5.41, 5.74) is 6.65. The van der Waals surface area contributed by atoms with Crippen molar-refractivity contribution in [1.82, 2.24) is 10.9 Å². The third kappa shape index (κ3) is 2.83. The average Bonchev–Trinajstić information content (AvgIpc) is 3.38. The lowest BCUT2D eigenvalue weighted by molar-refractivity contribution is -0.123. The summed E-state index contributed by atoms with van der Waals surface area (Å²) >= 11 is 0. The van der Waals surface area contributed by atoms with E-state index in [1.54, 1.807) is 31.2 Å². The zero-order chi connectivity index (χ0) is 18.3. The van der Waals surface area contributed by atoms with Crippen molar-refractivity contribution in [3.05, 3.63) is 71.2 Å². The van der Waals surface area contributed by atoms with Crippen LogP contribution in [0.3, 0.4) is 0 Å². The molecule has 1 fully saturated rings. The average molecular weight is 352 g/mol. The van der Waals surface area contributed by atoms with Crippen molar-refractivity contribution in [2.24, 2.45) is 5.92 Å². The Morgan fingerprint density at radius 1 is 1.08 bits per heavy atom. The number of para-hydroxylation sites is 1. The molecule has 1 aliphatic rings. The Hall–Kier alpha value is -3.15. The van der Waals surface area contributed by atoms with Crippen molar-refractivity contribution in [3.8, 4) is 0 Å². The van der Waals surface area contributed by atoms with Gasteiger partial charge >= 0.3 is 5.91 Å². The van der Waals surface area contributed by atoms with E-state index in [1.807, 2.05) is 18.2 Å². The summed E-state index contributed by atoms with van der Waals surface area (Å²) in [6.45, 7) is 1.79. The molecule has 0 bridgehead atoms. The Kier molecular flexibility index (Phi) is 3.95. The Bertz CT molecular complexity index is 1010. The highest BCUT2D eigenvalue weighted by Crippen LogP contribution is 2.48. The summed E-state index contributed by atoms with van der Waals surface area (Å²) in [5.74, 6) is -1.50. The lowest BCUT2D eigenvalue weighted by atomic mass is 10.1. The predicted molar refractivity (Wildman–Crippen MR) is 93.8 cm³/mol. The monoisotopic (exact) mass is 352 g/mol. The molecule has 1 saturated carbocycles. The number of furan rings is 1. The SMILES string of the molecule is Cc1c(C(=O)NNC(=O)[C@H]2C[C@@H]2c2ccccc2F)oc2ccccc12. The predicted octanol–water partition coefficient (Wildman–Crippen LogP) is 3.45. The number of hydrogen-bond acceptors (Lipinski definition) is 3. The van der Waals surface area contributed by atoms with Gasteiger partial charge in [-0.2, -0.15) is 0 Å². The van der Waals surface area contributed by atoms with Gasteiger partial charge in [0, 0.05) is 16.9 Å². The number of carbonyl (C=O) groups is 2. The normalized spacial score (nSPS) is 18.5. The first kappa shape index (κ1) is 16.3. The maximum Gasteiger partial charge on any atom is 0.305 e. The highest BCUT2D eigenvalue weighted by molar-refractivity contribution is 5.99. The molecule has 2 atom stereocenters. The van der Waals surface area contributed by atoms with Crippen LogP contribution < -0.4 is 10.9 Å². The number of rotatable bonds is 3. The summed E-state index contributed by atoms with van der Waals surface area (Å²) in [6, 6.07) is 13.8.